The van der Waals surface area contributed by atoms with Crippen molar-refractivity contribution in [1.29, 1.82) is 0 Å². The zero-order valence-corrected chi connectivity index (χ0v) is 18.0. The molecule has 1 atom stereocenters. The second-order valence-electron chi connectivity index (χ2n) is 7.80. The van der Waals surface area contributed by atoms with Gasteiger partial charge in [0.1, 0.15) is 0 Å². The average molecular weight is 426 g/mol. The molecule has 1 N–H and O–H groups in total. The standard InChI is InChI=1S/C22H27N5O2S/c1-3-14-26-20(29)17-12-8-9-13-18(17)27-21(26)24-25-22(27)30-15(2)19(28)23-16-10-6-4-5-7-11-16/h3,8-9,12-13,15-16H,1,4-7,10-11,14H2,2H3,(H,23,28). The Balaban J connectivity index is 1.65. The highest BCUT2D eigenvalue weighted by molar-refractivity contribution is 8.00. The van der Waals surface area contributed by atoms with Crippen LogP contribution in [0, 0.1) is 0 Å². The number of fused-ring (bicyclic) bond motifs is 3. The molecule has 0 spiro atoms. The summed E-state index contributed by atoms with van der Waals surface area (Å²) in [5.74, 6) is 0.477. The molecule has 4 rings (SSSR count). The molecule has 2 aromatic heterocycles. The number of aromatic nitrogens is 4. The van der Waals surface area contributed by atoms with Crippen LogP contribution in [0.5, 0.6) is 0 Å². The summed E-state index contributed by atoms with van der Waals surface area (Å²) < 4.78 is 3.42. The maximum absolute atomic E-state index is 12.9. The zero-order chi connectivity index (χ0) is 21.1. The highest BCUT2D eigenvalue weighted by Gasteiger charge is 2.23. The summed E-state index contributed by atoms with van der Waals surface area (Å²) in [4.78, 5) is 25.7. The van der Waals surface area contributed by atoms with Gasteiger partial charge in [-0.15, -0.1) is 16.8 Å². The molecule has 1 unspecified atom stereocenters. The van der Waals surface area contributed by atoms with Crippen LogP contribution in [0.15, 0.2) is 46.9 Å². The van der Waals surface area contributed by atoms with Gasteiger partial charge in [0, 0.05) is 12.6 Å². The lowest BCUT2D eigenvalue weighted by Crippen LogP contribution is -2.39. The molecule has 1 aromatic carbocycles. The van der Waals surface area contributed by atoms with E-state index in [1.165, 1.54) is 37.4 Å². The van der Waals surface area contributed by atoms with Gasteiger partial charge in [-0.05, 0) is 31.9 Å². The Kier molecular flexibility index (Phi) is 6.22. The maximum atomic E-state index is 12.9. The van der Waals surface area contributed by atoms with Crippen molar-refractivity contribution < 1.29 is 4.79 Å². The first kappa shape index (κ1) is 20.7. The number of para-hydroxylation sites is 1. The molecule has 0 bridgehead atoms. The van der Waals surface area contributed by atoms with E-state index >= 15 is 0 Å². The van der Waals surface area contributed by atoms with E-state index in [0.29, 0.717) is 22.9 Å². The summed E-state index contributed by atoms with van der Waals surface area (Å²) in [5.41, 5.74) is 0.614. The normalized spacial score (nSPS) is 16.4. The third-order valence-electron chi connectivity index (χ3n) is 5.64. The fourth-order valence-corrected chi connectivity index (χ4v) is 4.92. The number of thioether (sulfide) groups is 1. The van der Waals surface area contributed by atoms with E-state index in [2.05, 4.69) is 22.1 Å². The Morgan fingerprint density at radius 1 is 1.27 bits per heavy atom. The number of nitrogens with one attached hydrogen (secondary N) is 1. The SMILES string of the molecule is C=CCn1c(=O)c2ccccc2n2c(SC(C)C(=O)NC3CCCCCC3)nnc12. The van der Waals surface area contributed by atoms with Gasteiger partial charge < -0.3 is 5.32 Å². The Morgan fingerprint density at radius 2 is 2.00 bits per heavy atom. The molecule has 7 nitrogen and oxygen atoms in total. The van der Waals surface area contributed by atoms with Crippen molar-refractivity contribution in [3.05, 3.63) is 47.3 Å². The molecule has 1 aliphatic rings. The third kappa shape index (κ3) is 4.01. The smallest absolute Gasteiger partial charge is 0.263 e. The number of benzene rings is 1. The van der Waals surface area contributed by atoms with Crippen LogP contribution in [0.2, 0.25) is 0 Å². The van der Waals surface area contributed by atoms with Crippen molar-refractivity contribution in [2.45, 2.75) is 68.4 Å². The van der Waals surface area contributed by atoms with Crippen LogP contribution in [0.25, 0.3) is 16.7 Å². The van der Waals surface area contributed by atoms with Crippen LogP contribution in [-0.2, 0) is 11.3 Å². The molecular formula is C22H27N5O2S. The van der Waals surface area contributed by atoms with Gasteiger partial charge in [-0.2, -0.15) is 0 Å². The van der Waals surface area contributed by atoms with Gasteiger partial charge in [0.15, 0.2) is 5.16 Å². The maximum Gasteiger partial charge on any atom is 0.263 e. The van der Waals surface area contributed by atoms with Gasteiger partial charge in [0.25, 0.3) is 5.56 Å². The lowest BCUT2D eigenvalue weighted by atomic mass is 10.1. The summed E-state index contributed by atoms with van der Waals surface area (Å²) in [5, 5.41) is 12.7. The van der Waals surface area contributed by atoms with E-state index in [0.717, 1.165) is 18.4 Å². The van der Waals surface area contributed by atoms with Crippen LogP contribution in [0.4, 0.5) is 0 Å². The first-order valence-electron chi connectivity index (χ1n) is 10.5. The fourth-order valence-electron chi connectivity index (χ4n) is 4.06. The zero-order valence-electron chi connectivity index (χ0n) is 17.2. The molecule has 30 heavy (non-hydrogen) atoms. The number of carbonyl (C=O) groups is 1. The molecule has 3 aromatic rings. The second kappa shape index (κ2) is 9.04. The number of amides is 1. The van der Waals surface area contributed by atoms with Gasteiger partial charge in [0.05, 0.1) is 16.2 Å². The Labute approximate surface area is 179 Å². The van der Waals surface area contributed by atoms with Gasteiger partial charge in [0.2, 0.25) is 11.7 Å². The summed E-state index contributed by atoms with van der Waals surface area (Å²) in [6.45, 7) is 5.98. The Morgan fingerprint density at radius 3 is 2.73 bits per heavy atom. The number of carbonyl (C=O) groups excluding carboxylic acids is 1. The summed E-state index contributed by atoms with van der Waals surface area (Å²) in [6, 6.07) is 7.67. The van der Waals surface area contributed by atoms with Crippen molar-refractivity contribution in [3.8, 4) is 0 Å². The van der Waals surface area contributed by atoms with Gasteiger partial charge >= 0.3 is 0 Å². The fraction of sp³-hybridized carbons (Fsp3) is 0.455. The molecule has 8 heteroatoms. The van der Waals surface area contributed by atoms with E-state index in [1.807, 2.05) is 29.5 Å². The Bertz CT molecular complexity index is 1130. The summed E-state index contributed by atoms with van der Waals surface area (Å²) >= 11 is 1.37. The number of hydrogen-bond donors (Lipinski definition) is 1. The quantitative estimate of drug-likeness (QED) is 0.371. The highest BCUT2D eigenvalue weighted by Crippen LogP contribution is 2.26. The van der Waals surface area contributed by atoms with Crippen LogP contribution in [0.1, 0.15) is 45.4 Å². The van der Waals surface area contributed by atoms with E-state index in [4.69, 9.17) is 0 Å². The molecule has 1 fully saturated rings. The molecule has 158 valence electrons. The Hall–Kier alpha value is -2.61. The summed E-state index contributed by atoms with van der Waals surface area (Å²) in [7, 11) is 0. The first-order valence-corrected chi connectivity index (χ1v) is 11.4. The van der Waals surface area contributed by atoms with Crippen molar-refractivity contribution in [3.63, 3.8) is 0 Å². The molecule has 1 aliphatic carbocycles. The van der Waals surface area contributed by atoms with Gasteiger partial charge in [-0.3, -0.25) is 18.6 Å². The van der Waals surface area contributed by atoms with Crippen molar-refractivity contribution in [1.82, 2.24) is 24.5 Å². The van der Waals surface area contributed by atoms with Crippen molar-refractivity contribution >= 4 is 34.3 Å². The molecular weight excluding hydrogens is 398 g/mol. The van der Waals surface area contributed by atoms with Crippen molar-refractivity contribution in [2.24, 2.45) is 0 Å². The number of rotatable bonds is 6. The van der Waals surface area contributed by atoms with Crippen LogP contribution < -0.4 is 10.9 Å². The molecule has 1 amide bonds. The predicted octanol–water partition coefficient (Wildman–Crippen LogP) is 3.55. The van der Waals surface area contributed by atoms with Gasteiger partial charge in [-0.25, -0.2) is 0 Å². The minimum atomic E-state index is -0.320. The monoisotopic (exact) mass is 425 g/mol. The number of allylic oxidation sites excluding steroid dienone is 1. The largest absolute Gasteiger partial charge is 0.352 e. The second-order valence-corrected chi connectivity index (χ2v) is 9.10. The van der Waals surface area contributed by atoms with E-state index < -0.39 is 0 Å². The number of nitrogens with zero attached hydrogens (tertiary/aromatic N) is 4. The van der Waals surface area contributed by atoms with Crippen LogP contribution >= 0.6 is 11.8 Å². The van der Waals surface area contributed by atoms with E-state index in [1.54, 1.807) is 16.7 Å². The molecule has 1 saturated carbocycles. The van der Waals surface area contributed by atoms with Crippen LogP contribution in [0.3, 0.4) is 0 Å². The molecule has 0 saturated heterocycles. The third-order valence-corrected chi connectivity index (χ3v) is 6.69. The van der Waals surface area contributed by atoms with Crippen LogP contribution in [-0.4, -0.2) is 36.4 Å². The lowest BCUT2D eigenvalue weighted by molar-refractivity contribution is -0.121. The molecule has 0 aliphatic heterocycles. The van der Waals surface area contributed by atoms with E-state index in [9.17, 15) is 9.59 Å². The average Bonchev–Trinajstić information content (AvgIpc) is 2.98. The minimum absolute atomic E-state index is 0.0207. The van der Waals surface area contributed by atoms with Gasteiger partial charge in [-0.1, -0.05) is 55.7 Å². The first-order chi connectivity index (χ1) is 14.6. The minimum Gasteiger partial charge on any atom is -0.352 e. The highest BCUT2D eigenvalue weighted by atomic mass is 32.2. The number of hydrogen-bond acceptors (Lipinski definition) is 5. The lowest BCUT2D eigenvalue weighted by Gasteiger charge is -2.19. The predicted molar refractivity (Wildman–Crippen MR) is 120 cm³/mol. The summed E-state index contributed by atoms with van der Waals surface area (Å²) in [6.07, 6.45) is 8.62. The molecule has 2 heterocycles. The molecule has 0 radical (unpaired) electrons. The topological polar surface area (TPSA) is 81.3 Å². The van der Waals surface area contributed by atoms with E-state index in [-0.39, 0.29) is 22.8 Å². The van der Waals surface area contributed by atoms with Crippen molar-refractivity contribution in [2.75, 3.05) is 0 Å².